The Morgan fingerprint density at radius 3 is 2.29 bits per heavy atom. The topological polar surface area (TPSA) is 124 Å². The van der Waals surface area contributed by atoms with Crippen molar-refractivity contribution in [1.82, 2.24) is 0 Å². The van der Waals surface area contributed by atoms with Crippen molar-refractivity contribution in [3.63, 3.8) is 0 Å². The van der Waals surface area contributed by atoms with E-state index in [-0.39, 0.29) is 23.4 Å². The smallest absolute Gasteiger partial charge is 0.242 e. The first-order chi connectivity index (χ1) is 10.2. The van der Waals surface area contributed by atoms with Gasteiger partial charge < -0.3 is 5.73 Å². The summed E-state index contributed by atoms with van der Waals surface area (Å²) in [6.07, 6.45) is -0.0614. The summed E-state index contributed by atoms with van der Waals surface area (Å²) in [5.41, 5.74) is 7.24. The minimum Gasteiger partial charge on any atom is -0.318 e. The molecule has 100 valence electrons. The van der Waals surface area contributed by atoms with Gasteiger partial charge in [-0.05, 0) is 12.1 Å². The molecule has 0 aliphatic heterocycles. The molecular formula is C15H11N6+. The Kier molecular flexibility index (Phi) is 4.00. The lowest BCUT2D eigenvalue weighted by molar-refractivity contribution is -0.343. The first-order valence-electron chi connectivity index (χ1n) is 6.08. The second-order valence-corrected chi connectivity index (χ2v) is 4.19. The molecule has 0 saturated heterocycles. The molecule has 0 amide bonds. The number of nitriles is 3. The summed E-state index contributed by atoms with van der Waals surface area (Å²) in [5.74, 6) is 0.491. The summed E-state index contributed by atoms with van der Waals surface area (Å²) in [6.45, 7) is 0. The Hall–Kier alpha value is -3.56. The summed E-state index contributed by atoms with van der Waals surface area (Å²) in [6, 6.07) is 15.1. The van der Waals surface area contributed by atoms with E-state index < -0.39 is 0 Å². The lowest BCUT2D eigenvalue weighted by Gasteiger charge is -2.08. The number of pyridine rings is 1. The first-order valence-corrected chi connectivity index (χ1v) is 6.08. The van der Waals surface area contributed by atoms with Crippen molar-refractivity contribution in [1.29, 1.82) is 15.8 Å². The van der Waals surface area contributed by atoms with Gasteiger partial charge in [-0.25, -0.2) is 4.98 Å². The molecule has 2 aromatic rings. The Morgan fingerprint density at radius 2 is 1.71 bits per heavy atom. The maximum Gasteiger partial charge on any atom is 0.242 e. The molecule has 21 heavy (non-hydrogen) atoms. The van der Waals surface area contributed by atoms with Crippen LogP contribution in [0.15, 0.2) is 30.3 Å². The van der Waals surface area contributed by atoms with Crippen LogP contribution < -0.4 is 16.0 Å². The average Bonchev–Trinajstić information content (AvgIpc) is 2.49. The number of aromatic nitrogens is 1. The number of nitrogens with two attached hydrogens (primary N) is 1. The molecule has 1 aromatic heterocycles. The third-order valence-corrected chi connectivity index (χ3v) is 2.91. The quantitative estimate of drug-likeness (QED) is 0.881. The summed E-state index contributed by atoms with van der Waals surface area (Å²) in [4.78, 5) is 2.81. The largest absolute Gasteiger partial charge is 0.318 e. The van der Waals surface area contributed by atoms with E-state index >= 15 is 0 Å². The molecule has 0 bridgehead atoms. The van der Waals surface area contributed by atoms with Gasteiger partial charge in [0.05, 0.1) is 18.2 Å². The molecule has 1 heterocycles. The van der Waals surface area contributed by atoms with Crippen LogP contribution in [-0.2, 0) is 6.42 Å². The standard InChI is InChI=1S/C15H10N6/c16-7-6-11-12(8-17)14(19)21-15(13(11)9-18)20-10-4-2-1-3-5-10/h1-5H,6H2,(H3,19,20,21)/p+1. The van der Waals surface area contributed by atoms with E-state index in [2.05, 4.69) is 10.3 Å². The lowest BCUT2D eigenvalue weighted by atomic mass is 10.0. The Balaban J connectivity index is 2.60. The van der Waals surface area contributed by atoms with E-state index in [9.17, 15) is 5.26 Å². The minimum atomic E-state index is -0.0614. The minimum absolute atomic E-state index is 0.0614. The molecule has 0 spiro atoms. The van der Waals surface area contributed by atoms with Crippen LogP contribution in [0.5, 0.6) is 0 Å². The van der Waals surface area contributed by atoms with Crippen LogP contribution in [0.4, 0.5) is 17.3 Å². The van der Waals surface area contributed by atoms with Crippen LogP contribution in [-0.4, -0.2) is 0 Å². The number of para-hydroxylation sites is 1. The maximum atomic E-state index is 9.35. The number of benzene rings is 1. The van der Waals surface area contributed by atoms with Crippen molar-refractivity contribution in [3.05, 3.63) is 47.0 Å². The number of hydrogen-bond donors (Lipinski definition) is 2. The normalized spacial score (nSPS) is 9.19. The summed E-state index contributed by atoms with van der Waals surface area (Å²) >= 11 is 0. The average molecular weight is 275 g/mol. The van der Waals surface area contributed by atoms with Crippen LogP contribution >= 0.6 is 0 Å². The zero-order chi connectivity index (χ0) is 15.2. The van der Waals surface area contributed by atoms with Crippen molar-refractivity contribution >= 4 is 17.3 Å². The van der Waals surface area contributed by atoms with Gasteiger partial charge in [-0.15, -0.1) is 0 Å². The molecule has 0 radical (unpaired) electrons. The van der Waals surface area contributed by atoms with Gasteiger partial charge in [0.25, 0.3) is 0 Å². The number of hydrogen-bond acceptors (Lipinski definition) is 5. The number of nitrogen functional groups attached to an aromatic ring is 1. The molecule has 0 saturated carbocycles. The van der Waals surface area contributed by atoms with Crippen LogP contribution in [0.3, 0.4) is 0 Å². The van der Waals surface area contributed by atoms with E-state index in [1.54, 1.807) is 0 Å². The monoisotopic (exact) mass is 275 g/mol. The molecule has 6 nitrogen and oxygen atoms in total. The molecule has 1 aromatic carbocycles. The lowest BCUT2D eigenvalue weighted by Crippen LogP contribution is -2.21. The van der Waals surface area contributed by atoms with Crippen molar-refractivity contribution in [2.45, 2.75) is 6.42 Å². The van der Waals surface area contributed by atoms with E-state index in [0.29, 0.717) is 11.4 Å². The SMILES string of the molecule is N#CCc1c(C#N)c(N)[nH+]c(Nc2ccccc2)c1C#N. The zero-order valence-corrected chi connectivity index (χ0v) is 11.0. The molecule has 0 aliphatic carbocycles. The maximum absolute atomic E-state index is 9.35. The number of anilines is 3. The number of H-pyrrole nitrogens is 1. The highest BCUT2D eigenvalue weighted by atomic mass is 15.0. The van der Waals surface area contributed by atoms with Crippen molar-refractivity contribution in [2.24, 2.45) is 0 Å². The number of rotatable bonds is 3. The van der Waals surface area contributed by atoms with Gasteiger partial charge in [-0.3, -0.25) is 5.32 Å². The van der Waals surface area contributed by atoms with Gasteiger partial charge in [-0.2, -0.15) is 15.8 Å². The fraction of sp³-hybridized carbons (Fsp3) is 0.0667. The summed E-state index contributed by atoms with van der Waals surface area (Å²) in [7, 11) is 0. The third-order valence-electron chi connectivity index (χ3n) is 2.91. The number of aromatic amines is 1. The van der Waals surface area contributed by atoms with Gasteiger partial charge in [-0.1, -0.05) is 18.2 Å². The molecule has 0 fully saturated rings. The predicted molar refractivity (Wildman–Crippen MR) is 75.9 cm³/mol. The van der Waals surface area contributed by atoms with Gasteiger partial charge in [0.15, 0.2) is 0 Å². The van der Waals surface area contributed by atoms with E-state index in [1.807, 2.05) is 48.5 Å². The van der Waals surface area contributed by atoms with Crippen LogP contribution in [0.2, 0.25) is 0 Å². The highest BCUT2D eigenvalue weighted by molar-refractivity contribution is 5.67. The summed E-state index contributed by atoms with van der Waals surface area (Å²) in [5, 5.41) is 30.4. The van der Waals surface area contributed by atoms with Crippen LogP contribution in [0, 0.1) is 34.0 Å². The molecule has 6 heteroatoms. The molecule has 4 N–H and O–H groups in total. The van der Waals surface area contributed by atoms with E-state index in [0.717, 1.165) is 5.69 Å². The number of nitrogens with zero attached hydrogens (tertiary/aromatic N) is 3. The van der Waals surface area contributed by atoms with Crippen molar-refractivity contribution in [3.8, 4) is 18.2 Å². The van der Waals surface area contributed by atoms with E-state index in [1.165, 1.54) is 0 Å². The fourth-order valence-corrected chi connectivity index (χ4v) is 1.96. The van der Waals surface area contributed by atoms with Gasteiger partial charge in [0.2, 0.25) is 11.6 Å². The van der Waals surface area contributed by atoms with Crippen LogP contribution in [0.25, 0.3) is 0 Å². The predicted octanol–water partition coefficient (Wildman–Crippen LogP) is 1.64. The zero-order valence-electron chi connectivity index (χ0n) is 11.0. The first kappa shape index (κ1) is 13.9. The molecule has 0 atom stereocenters. The van der Waals surface area contributed by atoms with Gasteiger partial charge in [0, 0.05) is 5.56 Å². The van der Waals surface area contributed by atoms with E-state index in [4.69, 9.17) is 16.3 Å². The summed E-state index contributed by atoms with van der Waals surface area (Å²) < 4.78 is 0. The van der Waals surface area contributed by atoms with Gasteiger partial charge >= 0.3 is 0 Å². The highest BCUT2D eigenvalue weighted by Crippen LogP contribution is 2.24. The van der Waals surface area contributed by atoms with Crippen molar-refractivity contribution < 1.29 is 4.98 Å². The third kappa shape index (κ3) is 2.73. The second kappa shape index (κ2) is 6.06. The van der Waals surface area contributed by atoms with Gasteiger partial charge in [0.1, 0.15) is 23.3 Å². The van der Waals surface area contributed by atoms with Crippen LogP contribution in [0.1, 0.15) is 16.7 Å². The van der Waals surface area contributed by atoms with Crippen molar-refractivity contribution in [2.75, 3.05) is 11.1 Å². The molecular weight excluding hydrogens is 264 g/mol. The fourth-order valence-electron chi connectivity index (χ4n) is 1.96. The Labute approximate surface area is 121 Å². The Bertz CT molecular complexity index is 790. The second-order valence-electron chi connectivity index (χ2n) is 4.19. The molecule has 0 aliphatic rings. The highest BCUT2D eigenvalue weighted by Gasteiger charge is 2.21. The Morgan fingerprint density at radius 1 is 1.05 bits per heavy atom. The molecule has 2 rings (SSSR count). The number of nitrogens with one attached hydrogen (secondary N) is 2. The molecule has 0 unspecified atom stereocenters.